The molecular formula is C14H22N4S. The van der Waals surface area contributed by atoms with Crippen molar-refractivity contribution in [1.82, 2.24) is 9.78 Å². The normalized spacial score (nSPS) is 12.9. The standard InChI is InChI=1S/C14H22N4S/c1-9(2)13-12(15)14(18(4)17-13)16-10(3)8-11-6-5-7-19-11/h5-7,9-10,16H,8,15H2,1-4H3. The summed E-state index contributed by atoms with van der Waals surface area (Å²) in [6.45, 7) is 6.39. The van der Waals surface area contributed by atoms with Crippen LogP contribution in [-0.4, -0.2) is 15.8 Å². The number of nitrogens with two attached hydrogens (primary N) is 1. The van der Waals surface area contributed by atoms with E-state index in [1.807, 2.05) is 11.7 Å². The highest BCUT2D eigenvalue weighted by Crippen LogP contribution is 2.28. The van der Waals surface area contributed by atoms with Gasteiger partial charge in [-0.15, -0.1) is 11.3 Å². The van der Waals surface area contributed by atoms with Crippen molar-refractivity contribution in [2.75, 3.05) is 11.1 Å². The van der Waals surface area contributed by atoms with Crippen molar-refractivity contribution in [1.29, 1.82) is 0 Å². The van der Waals surface area contributed by atoms with E-state index in [1.165, 1.54) is 4.88 Å². The average molecular weight is 278 g/mol. The zero-order valence-corrected chi connectivity index (χ0v) is 12.8. The van der Waals surface area contributed by atoms with Gasteiger partial charge in [-0.25, -0.2) is 0 Å². The Morgan fingerprint density at radius 2 is 2.16 bits per heavy atom. The molecule has 1 unspecified atom stereocenters. The van der Waals surface area contributed by atoms with E-state index in [4.69, 9.17) is 5.73 Å². The molecule has 3 N–H and O–H groups in total. The predicted octanol–water partition coefficient (Wildman–Crippen LogP) is 3.23. The molecule has 2 aromatic rings. The molecule has 2 rings (SSSR count). The van der Waals surface area contributed by atoms with E-state index in [9.17, 15) is 0 Å². The molecule has 0 fully saturated rings. The minimum atomic E-state index is 0.330. The number of nitrogens with one attached hydrogen (secondary N) is 1. The van der Waals surface area contributed by atoms with Crippen LogP contribution < -0.4 is 11.1 Å². The molecule has 0 amide bonds. The molecule has 5 heteroatoms. The second-order valence-corrected chi connectivity index (χ2v) is 6.29. The molecular weight excluding hydrogens is 256 g/mol. The summed E-state index contributed by atoms with van der Waals surface area (Å²) in [6.07, 6.45) is 0.999. The third-order valence-corrected chi connectivity index (χ3v) is 4.03. The number of hydrogen-bond donors (Lipinski definition) is 2. The average Bonchev–Trinajstić information content (AvgIpc) is 2.92. The lowest BCUT2D eigenvalue weighted by atomic mass is 10.1. The van der Waals surface area contributed by atoms with Crippen LogP contribution in [0.2, 0.25) is 0 Å². The molecule has 104 valence electrons. The highest BCUT2D eigenvalue weighted by Gasteiger charge is 2.17. The number of nitrogens with zero attached hydrogens (tertiary/aromatic N) is 2. The highest BCUT2D eigenvalue weighted by molar-refractivity contribution is 7.09. The highest BCUT2D eigenvalue weighted by atomic mass is 32.1. The molecule has 0 saturated carbocycles. The van der Waals surface area contributed by atoms with E-state index in [0.29, 0.717) is 12.0 Å². The van der Waals surface area contributed by atoms with Crippen molar-refractivity contribution in [2.24, 2.45) is 7.05 Å². The van der Waals surface area contributed by atoms with Crippen LogP contribution in [0.15, 0.2) is 17.5 Å². The Morgan fingerprint density at radius 1 is 1.42 bits per heavy atom. The molecule has 4 nitrogen and oxygen atoms in total. The molecule has 0 bridgehead atoms. The summed E-state index contributed by atoms with van der Waals surface area (Å²) in [5.74, 6) is 1.27. The number of aromatic nitrogens is 2. The first-order valence-corrected chi connectivity index (χ1v) is 7.48. The number of thiophene rings is 1. The van der Waals surface area contributed by atoms with E-state index in [0.717, 1.165) is 23.6 Å². The molecule has 0 aliphatic rings. The van der Waals surface area contributed by atoms with Crippen LogP contribution in [0.4, 0.5) is 11.5 Å². The molecule has 0 aliphatic carbocycles. The SMILES string of the molecule is CC(Cc1cccs1)Nc1c(N)c(C(C)C)nn1C. The van der Waals surface area contributed by atoms with Crippen LogP contribution in [0, 0.1) is 0 Å². The van der Waals surface area contributed by atoms with Gasteiger partial charge in [-0.3, -0.25) is 4.68 Å². The van der Waals surface area contributed by atoms with E-state index in [2.05, 4.69) is 48.7 Å². The molecule has 0 radical (unpaired) electrons. The van der Waals surface area contributed by atoms with Gasteiger partial charge in [0.15, 0.2) is 0 Å². The van der Waals surface area contributed by atoms with Crippen molar-refractivity contribution < 1.29 is 0 Å². The van der Waals surface area contributed by atoms with Crippen LogP contribution >= 0.6 is 11.3 Å². The van der Waals surface area contributed by atoms with E-state index < -0.39 is 0 Å². The van der Waals surface area contributed by atoms with Gasteiger partial charge in [-0.05, 0) is 24.3 Å². The fourth-order valence-electron chi connectivity index (χ4n) is 2.17. The zero-order valence-electron chi connectivity index (χ0n) is 12.0. The smallest absolute Gasteiger partial charge is 0.148 e. The van der Waals surface area contributed by atoms with Gasteiger partial charge in [0.05, 0.1) is 11.4 Å². The first-order valence-electron chi connectivity index (χ1n) is 6.60. The first-order chi connectivity index (χ1) is 8.99. The largest absolute Gasteiger partial charge is 0.394 e. The second-order valence-electron chi connectivity index (χ2n) is 5.25. The van der Waals surface area contributed by atoms with Gasteiger partial charge in [0, 0.05) is 24.4 Å². The van der Waals surface area contributed by atoms with E-state index in [-0.39, 0.29) is 0 Å². The number of rotatable bonds is 5. The van der Waals surface area contributed by atoms with Crippen molar-refractivity contribution in [3.8, 4) is 0 Å². The number of anilines is 2. The molecule has 0 spiro atoms. The van der Waals surface area contributed by atoms with Crippen molar-refractivity contribution in [2.45, 2.75) is 39.2 Å². The maximum absolute atomic E-state index is 6.18. The van der Waals surface area contributed by atoms with Crippen molar-refractivity contribution in [3.63, 3.8) is 0 Å². The Bertz CT molecular complexity index is 528. The lowest BCUT2D eigenvalue weighted by Crippen LogP contribution is -2.20. The monoisotopic (exact) mass is 278 g/mol. The Labute approximate surface area is 118 Å². The third-order valence-electron chi connectivity index (χ3n) is 3.13. The van der Waals surface area contributed by atoms with Gasteiger partial charge in [0.1, 0.15) is 5.82 Å². The summed E-state index contributed by atoms with van der Waals surface area (Å²) in [6, 6.07) is 4.58. The Hall–Kier alpha value is -1.49. The van der Waals surface area contributed by atoms with Crippen LogP contribution in [0.5, 0.6) is 0 Å². The molecule has 0 aromatic carbocycles. The summed E-state index contributed by atoms with van der Waals surface area (Å²) in [5.41, 5.74) is 7.92. The van der Waals surface area contributed by atoms with Crippen molar-refractivity contribution in [3.05, 3.63) is 28.1 Å². The quantitative estimate of drug-likeness (QED) is 0.883. The van der Waals surface area contributed by atoms with Crippen LogP contribution in [0.3, 0.4) is 0 Å². The molecule has 2 aromatic heterocycles. The Balaban J connectivity index is 2.10. The Kier molecular flexibility index (Phi) is 4.14. The third kappa shape index (κ3) is 3.10. The van der Waals surface area contributed by atoms with Crippen LogP contribution in [0.25, 0.3) is 0 Å². The maximum atomic E-state index is 6.18. The summed E-state index contributed by atoms with van der Waals surface area (Å²) in [7, 11) is 1.93. The fraction of sp³-hybridized carbons (Fsp3) is 0.500. The van der Waals surface area contributed by atoms with Gasteiger partial charge in [0.25, 0.3) is 0 Å². The van der Waals surface area contributed by atoms with Gasteiger partial charge in [-0.2, -0.15) is 5.10 Å². The summed E-state index contributed by atoms with van der Waals surface area (Å²) in [4.78, 5) is 1.38. The molecule has 1 atom stereocenters. The van der Waals surface area contributed by atoms with Gasteiger partial charge >= 0.3 is 0 Å². The Morgan fingerprint density at radius 3 is 2.68 bits per heavy atom. The van der Waals surface area contributed by atoms with Crippen LogP contribution in [0.1, 0.15) is 37.3 Å². The van der Waals surface area contributed by atoms with Gasteiger partial charge in [0.2, 0.25) is 0 Å². The predicted molar refractivity (Wildman–Crippen MR) is 82.8 cm³/mol. The maximum Gasteiger partial charge on any atom is 0.148 e. The lowest BCUT2D eigenvalue weighted by Gasteiger charge is -2.15. The number of hydrogen-bond acceptors (Lipinski definition) is 4. The molecule has 0 saturated heterocycles. The minimum absolute atomic E-state index is 0.330. The first kappa shape index (κ1) is 13.9. The minimum Gasteiger partial charge on any atom is -0.394 e. The summed E-state index contributed by atoms with van der Waals surface area (Å²) < 4.78 is 1.84. The van der Waals surface area contributed by atoms with E-state index >= 15 is 0 Å². The fourth-order valence-corrected chi connectivity index (χ4v) is 3.01. The van der Waals surface area contributed by atoms with Crippen molar-refractivity contribution >= 4 is 22.8 Å². The lowest BCUT2D eigenvalue weighted by molar-refractivity contribution is 0.702. The molecule has 19 heavy (non-hydrogen) atoms. The number of nitrogen functional groups attached to an aromatic ring is 1. The summed E-state index contributed by atoms with van der Waals surface area (Å²) >= 11 is 1.79. The van der Waals surface area contributed by atoms with Gasteiger partial charge in [-0.1, -0.05) is 19.9 Å². The molecule has 0 aliphatic heterocycles. The summed E-state index contributed by atoms with van der Waals surface area (Å²) in [5, 5.41) is 10.1. The number of aryl methyl sites for hydroxylation is 1. The van der Waals surface area contributed by atoms with E-state index in [1.54, 1.807) is 11.3 Å². The zero-order chi connectivity index (χ0) is 14.0. The topological polar surface area (TPSA) is 55.9 Å². The van der Waals surface area contributed by atoms with Gasteiger partial charge < -0.3 is 11.1 Å². The second kappa shape index (κ2) is 5.65. The molecule has 2 heterocycles. The van der Waals surface area contributed by atoms with Crippen LogP contribution in [-0.2, 0) is 13.5 Å².